The Morgan fingerprint density at radius 1 is 1.06 bits per heavy atom. The first-order valence-corrected chi connectivity index (χ1v) is 11.5. The van der Waals surface area contributed by atoms with Crippen LogP contribution in [-0.2, 0) is 21.3 Å². The van der Waals surface area contributed by atoms with Gasteiger partial charge >= 0.3 is 0 Å². The maximum absolute atomic E-state index is 12.7. The molecule has 2 heterocycles. The van der Waals surface area contributed by atoms with E-state index in [1.165, 1.54) is 10.6 Å². The molecule has 0 unspecified atom stereocenters. The van der Waals surface area contributed by atoms with Crippen LogP contribution in [0.3, 0.4) is 0 Å². The van der Waals surface area contributed by atoms with Crippen molar-refractivity contribution in [1.82, 2.24) is 19.2 Å². The minimum absolute atomic E-state index is 0.221. The highest BCUT2D eigenvalue weighted by Gasteiger charge is 2.26. The number of imidazole rings is 1. The van der Waals surface area contributed by atoms with Gasteiger partial charge in [-0.2, -0.15) is 4.31 Å². The molecule has 1 amide bonds. The van der Waals surface area contributed by atoms with Gasteiger partial charge in [0.25, 0.3) is 5.91 Å². The number of nitrogens with zero attached hydrogens (tertiary/aromatic N) is 3. The van der Waals surface area contributed by atoms with Gasteiger partial charge in [0.1, 0.15) is 12.0 Å². The zero-order valence-corrected chi connectivity index (χ0v) is 18.1. The van der Waals surface area contributed by atoms with E-state index < -0.39 is 10.0 Å². The third-order valence-corrected chi connectivity index (χ3v) is 7.09. The van der Waals surface area contributed by atoms with E-state index in [4.69, 9.17) is 16.3 Å². The summed E-state index contributed by atoms with van der Waals surface area (Å²) in [4.78, 5) is 16.8. The number of amides is 1. The molecule has 0 atom stereocenters. The number of morpholine rings is 1. The molecule has 2 aromatic carbocycles. The minimum Gasteiger partial charge on any atom is -0.379 e. The van der Waals surface area contributed by atoms with Crippen LogP contribution in [0.5, 0.6) is 0 Å². The molecular formula is C21H21ClN4O4S. The fourth-order valence-corrected chi connectivity index (χ4v) is 4.72. The van der Waals surface area contributed by atoms with Crippen LogP contribution in [0, 0.1) is 0 Å². The van der Waals surface area contributed by atoms with E-state index in [1.54, 1.807) is 47.2 Å². The van der Waals surface area contributed by atoms with Crippen LogP contribution in [-0.4, -0.2) is 54.5 Å². The molecule has 4 rings (SSSR count). The normalized spacial score (nSPS) is 15.0. The lowest BCUT2D eigenvalue weighted by molar-refractivity contribution is 0.0730. The van der Waals surface area contributed by atoms with Crippen molar-refractivity contribution in [2.45, 2.75) is 11.4 Å². The number of hydrogen-bond donors (Lipinski definition) is 1. The van der Waals surface area contributed by atoms with E-state index in [0.29, 0.717) is 43.6 Å². The monoisotopic (exact) mass is 460 g/mol. The minimum atomic E-state index is -3.55. The second kappa shape index (κ2) is 9.19. The highest BCUT2D eigenvalue weighted by Crippen LogP contribution is 2.19. The van der Waals surface area contributed by atoms with Gasteiger partial charge in [0.05, 0.1) is 18.1 Å². The molecule has 1 aromatic heterocycles. The Morgan fingerprint density at radius 3 is 2.42 bits per heavy atom. The zero-order chi connectivity index (χ0) is 21.8. The van der Waals surface area contributed by atoms with Crippen molar-refractivity contribution in [3.05, 3.63) is 77.3 Å². The third kappa shape index (κ3) is 4.96. The SMILES string of the molecule is O=C(NCc1ccc(Cl)cc1)c1cn(-c2ccc(S(=O)(=O)N3CCOCC3)cc2)cn1. The van der Waals surface area contributed by atoms with Crippen molar-refractivity contribution in [2.75, 3.05) is 26.3 Å². The summed E-state index contributed by atoms with van der Waals surface area (Å²) in [5.74, 6) is -0.305. The van der Waals surface area contributed by atoms with Gasteiger partial charge in [-0.15, -0.1) is 0 Å². The number of carbonyl (C=O) groups excluding carboxylic acids is 1. The van der Waals surface area contributed by atoms with Crippen LogP contribution >= 0.6 is 11.6 Å². The van der Waals surface area contributed by atoms with Gasteiger partial charge < -0.3 is 14.6 Å². The summed E-state index contributed by atoms with van der Waals surface area (Å²) in [6.07, 6.45) is 3.12. The fraction of sp³-hybridized carbons (Fsp3) is 0.238. The Hall–Kier alpha value is -2.72. The van der Waals surface area contributed by atoms with Crippen LogP contribution in [0.25, 0.3) is 5.69 Å². The first-order chi connectivity index (χ1) is 14.9. The lowest BCUT2D eigenvalue weighted by Crippen LogP contribution is -2.40. The lowest BCUT2D eigenvalue weighted by atomic mass is 10.2. The van der Waals surface area contributed by atoms with Crippen molar-refractivity contribution in [2.24, 2.45) is 0 Å². The first-order valence-electron chi connectivity index (χ1n) is 9.68. The number of rotatable bonds is 6. The molecule has 162 valence electrons. The van der Waals surface area contributed by atoms with Crippen LogP contribution in [0.2, 0.25) is 5.02 Å². The van der Waals surface area contributed by atoms with E-state index in [1.807, 2.05) is 12.1 Å². The molecule has 0 radical (unpaired) electrons. The summed E-state index contributed by atoms with van der Waals surface area (Å²) in [6.45, 7) is 1.85. The van der Waals surface area contributed by atoms with Crippen molar-refractivity contribution in [1.29, 1.82) is 0 Å². The van der Waals surface area contributed by atoms with Gasteiger partial charge in [0.15, 0.2) is 0 Å². The Balaban J connectivity index is 1.42. The van der Waals surface area contributed by atoms with E-state index in [2.05, 4.69) is 10.3 Å². The lowest BCUT2D eigenvalue weighted by Gasteiger charge is -2.26. The predicted octanol–water partition coefficient (Wildman–Crippen LogP) is 2.48. The summed E-state index contributed by atoms with van der Waals surface area (Å²) in [5, 5.41) is 3.45. The Labute approximate surface area is 185 Å². The topological polar surface area (TPSA) is 93.5 Å². The largest absolute Gasteiger partial charge is 0.379 e. The smallest absolute Gasteiger partial charge is 0.271 e. The number of hydrogen-bond acceptors (Lipinski definition) is 5. The van der Waals surface area contributed by atoms with Crippen molar-refractivity contribution in [3.8, 4) is 5.69 Å². The molecule has 1 saturated heterocycles. The fourth-order valence-electron chi connectivity index (χ4n) is 3.18. The van der Waals surface area contributed by atoms with Gasteiger partial charge in [0, 0.05) is 36.5 Å². The Morgan fingerprint density at radius 2 is 1.74 bits per heavy atom. The second-order valence-corrected chi connectivity index (χ2v) is 9.36. The van der Waals surface area contributed by atoms with Gasteiger partial charge in [0.2, 0.25) is 10.0 Å². The molecule has 3 aromatic rings. The molecule has 0 saturated carbocycles. The van der Waals surface area contributed by atoms with Gasteiger partial charge in [-0.05, 0) is 42.0 Å². The summed E-state index contributed by atoms with van der Waals surface area (Å²) < 4.78 is 33.8. The molecule has 1 N–H and O–H groups in total. The molecule has 8 nitrogen and oxygen atoms in total. The van der Waals surface area contributed by atoms with E-state index in [-0.39, 0.29) is 16.5 Å². The van der Waals surface area contributed by atoms with Crippen LogP contribution < -0.4 is 5.32 Å². The van der Waals surface area contributed by atoms with Crippen LogP contribution in [0.1, 0.15) is 16.1 Å². The number of aromatic nitrogens is 2. The van der Waals surface area contributed by atoms with E-state index >= 15 is 0 Å². The number of ether oxygens (including phenoxy) is 1. The third-order valence-electron chi connectivity index (χ3n) is 4.92. The summed E-state index contributed by atoms with van der Waals surface area (Å²) in [7, 11) is -3.55. The summed E-state index contributed by atoms with van der Waals surface area (Å²) >= 11 is 5.86. The maximum atomic E-state index is 12.7. The van der Waals surface area contributed by atoms with E-state index in [9.17, 15) is 13.2 Å². The summed E-state index contributed by atoms with van der Waals surface area (Å²) in [5.41, 5.74) is 1.89. The molecule has 0 bridgehead atoms. The second-order valence-electron chi connectivity index (χ2n) is 6.99. The van der Waals surface area contributed by atoms with Crippen molar-refractivity contribution in [3.63, 3.8) is 0 Å². The molecule has 1 aliphatic heterocycles. The average molecular weight is 461 g/mol. The predicted molar refractivity (Wildman–Crippen MR) is 116 cm³/mol. The van der Waals surface area contributed by atoms with Crippen molar-refractivity contribution < 1.29 is 17.9 Å². The number of carbonyl (C=O) groups is 1. The first kappa shape index (κ1) is 21.5. The molecule has 10 heteroatoms. The van der Waals surface area contributed by atoms with Crippen LogP contribution in [0.15, 0.2) is 66.0 Å². The number of benzene rings is 2. The number of nitrogens with one attached hydrogen (secondary N) is 1. The number of sulfonamides is 1. The van der Waals surface area contributed by atoms with E-state index in [0.717, 1.165) is 5.56 Å². The highest BCUT2D eigenvalue weighted by molar-refractivity contribution is 7.89. The average Bonchev–Trinajstić information content (AvgIpc) is 3.30. The van der Waals surface area contributed by atoms with Gasteiger partial charge in [-0.3, -0.25) is 4.79 Å². The Bertz CT molecular complexity index is 1150. The van der Waals surface area contributed by atoms with Gasteiger partial charge in [-0.25, -0.2) is 13.4 Å². The zero-order valence-electron chi connectivity index (χ0n) is 16.6. The summed E-state index contributed by atoms with van der Waals surface area (Å²) in [6, 6.07) is 13.7. The quantitative estimate of drug-likeness (QED) is 0.610. The molecule has 0 spiro atoms. The molecule has 1 aliphatic rings. The maximum Gasteiger partial charge on any atom is 0.271 e. The van der Waals surface area contributed by atoms with Crippen LogP contribution in [0.4, 0.5) is 0 Å². The standard InChI is InChI=1S/C21H21ClN4O4S/c22-17-3-1-16(2-4-17)13-23-21(27)20-14-25(15-24-20)18-5-7-19(8-6-18)31(28,29)26-9-11-30-12-10-26/h1-8,14-15H,9-13H2,(H,23,27). The highest BCUT2D eigenvalue weighted by atomic mass is 35.5. The number of halogens is 1. The molecule has 31 heavy (non-hydrogen) atoms. The molecular weight excluding hydrogens is 440 g/mol. The molecule has 0 aliphatic carbocycles. The Kier molecular flexibility index (Phi) is 6.38. The molecule has 1 fully saturated rings. The van der Waals surface area contributed by atoms with Crippen molar-refractivity contribution >= 4 is 27.5 Å². The van der Waals surface area contributed by atoms with Gasteiger partial charge in [-0.1, -0.05) is 23.7 Å².